The number of anilines is 1. The second-order valence-corrected chi connectivity index (χ2v) is 10.2. The van der Waals surface area contributed by atoms with E-state index in [1.165, 1.54) is 36.7 Å². The van der Waals surface area contributed by atoms with E-state index in [0.717, 1.165) is 13.1 Å². The van der Waals surface area contributed by atoms with Gasteiger partial charge in [0.05, 0.1) is 15.5 Å². The van der Waals surface area contributed by atoms with E-state index in [9.17, 15) is 13.2 Å². The van der Waals surface area contributed by atoms with Crippen molar-refractivity contribution in [2.45, 2.75) is 9.79 Å². The summed E-state index contributed by atoms with van der Waals surface area (Å²) < 4.78 is 25.7. The van der Waals surface area contributed by atoms with Crippen LogP contribution in [0.2, 0.25) is 0 Å². The van der Waals surface area contributed by atoms with Crippen LogP contribution >= 0.6 is 0 Å². The lowest BCUT2D eigenvalue weighted by atomic mass is 10.1. The summed E-state index contributed by atoms with van der Waals surface area (Å²) in [4.78, 5) is 23.1. The molecule has 0 saturated carbocycles. The van der Waals surface area contributed by atoms with Crippen molar-refractivity contribution in [2.24, 2.45) is 10.7 Å². The Morgan fingerprint density at radius 3 is 2.19 bits per heavy atom. The fraction of sp³-hybridized carbons (Fsp3) is 0.148. The fourth-order valence-electron chi connectivity index (χ4n) is 3.82. The minimum atomic E-state index is -3.66. The number of sulfone groups is 1. The molecular formula is C27H28N6O3S. The number of allylic oxidation sites excluding steroid dienone is 2. The first-order chi connectivity index (χ1) is 17.9. The van der Waals surface area contributed by atoms with Gasteiger partial charge in [0.2, 0.25) is 9.84 Å². The monoisotopic (exact) mass is 516 g/mol. The molecule has 1 aromatic heterocycles. The highest BCUT2D eigenvalue weighted by Gasteiger charge is 2.18. The first-order valence-electron chi connectivity index (χ1n) is 11.7. The number of hydrogen-bond donors (Lipinski definition) is 3. The number of piperazine rings is 1. The number of guanidine groups is 1. The van der Waals surface area contributed by atoms with Gasteiger partial charge >= 0.3 is 0 Å². The van der Waals surface area contributed by atoms with Gasteiger partial charge < -0.3 is 21.3 Å². The van der Waals surface area contributed by atoms with Crippen molar-refractivity contribution in [3.63, 3.8) is 0 Å². The summed E-state index contributed by atoms with van der Waals surface area (Å²) in [7, 11) is -3.66. The molecule has 0 aliphatic carbocycles. The molecule has 0 unspecified atom stereocenters. The number of amides is 1. The minimum absolute atomic E-state index is 0.000263. The lowest BCUT2D eigenvalue weighted by molar-refractivity contribution is 0.0736. The topological polar surface area (TPSA) is 130 Å². The fourth-order valence-corrected chi connectivity index (χ4v) is 5.07. The predicted molar refractivity (Wildman–Crippen MR) is 145 cm³/mol. The summed E-state index contributed by atoms with van der Waals surface area (Å²) >= 11 is 0. The molecule has 0 radical (unpaired) electrons. The van der Waals surface area contributed by atoms with Gasteiger partial charge in [-0.25, -0.2) is 13.4 Å². The Labute approximate surface area is 216 Å². The van der Waals surface area contributed by atoms with Crippen LogP contribution in [-0.2, 0) is 9.84 Å². The number of carbonyl (C=O) groups excluding carboxylic acids is 1. The van der Waals surface area contributed by atoms with Gasteiger partial charge in [-0.2, -0.15) is 0 Å². The Morgan fingerprint density at radius 2 is 1.57 bits per heavy atom. The normalized spacial score (nSPS) is 14.8. The highest BCUT2D eigenvalue weighted by Crippen LogP contribution is 2.24. The molecule has 190 valence electrons. The highest BCUT2D eigenvalue weighted by atomic mass is 32.2. The molecule has 37 heavy (non-hydrogen) atoms. The zero-order valence-electron chi connectivity index (χ0n) is 20.2. The number of aromatic nitrogens is 1. The second kappa shape index (κ2) is 11.6. The van der Waals surface area contributed by atoms with Gasteiger partial charge in [-0.05, 0) is 54.6 Å². The lowest BCUT2D eigenvalue weighted by Gasteiger charge is -2.27. The Morgan fingerprint density at radius 1 is 0.973 bits per heavy atom. The lowest BCUT2D eigenvalue weighted by Crippen LogP contribution is -2.46. The first-order valence-corrected chi connectivity index (χ1v) is 13.2. The van der Waals surface area contributed by atoms with E-state index in [1.807, 2.05) is 4.90 Å². The number of rotatable bonds is 7. The molecule has 1 saturated heterocycles. The largest absolute Gasteiger partial charge is 0.369 e. The molecule has 0 bridgehead atoms. The molecule has 0 atom stereocenters. The molecule has 1 fully saturated rings. The van der Waals surface area contributed by atoms with E-state index in [-0.39, 0.29) is 21.7 Å². The summed E-state index contributed by atoms with van der Waals surface area (Å²) in [5.74, 6) is 0.128. The third-order valence-corrected chi connectivity index (χ3v) is 7.53. The molecule has 3 aromatic rings. The Kier molecular flexibility index (Phi) is 8.11. The van der Waals surface area contributed by atoms with E-state index in [0.29, 0.717) is 35.6 Å². The average Bonchev–Trinajstić information content (AvgIpc) is 2.94. The van der Waals surface area contributed by atoms with Crippen molar-refractivity contribution in [2.75, 3.05) is 31.5 Å². The maximum Gasteiger partial charge on any atom is 0.253 e. The number of carbonyl (C=O) groups is 1. The first kappa shape index (κ1) is 25.8. The van der Waals surface area contributed by atoms with Gasteiger partial charge in [0.1, 0.15) is 0 Å². The molecule has 1 aliphatic rings. The van der Waals surface area contributed by atoms with Gasteiger partial charge in [0.25, 0.3) is 5.91 Å². The third-order valence-electron chi connectivity index (χ3n) is 5.75. The minimum Gasteiger partial charge on any atom is -0.369 e. The molecule has 10 heteroatoms. The molecule has 4 N–H and O–H groups in total. The number of hydrogen-bond acceptors (Lipinski definition) is 6. The van der Waals surface area contributed by atoms with Crippen LogP contribution in [0.3, 0.4) is 0 Å². The number of nitrogens with zero attached hydrogens (tertiary/aromatic N) is 3. The number of nitrogens with one attached hydrogen (secondary N) is 2. The molecule has 9 nitrogen and oxygen atoms in total. The second-order valence-electron chi connectivity index (χ2n) is 8.24. The van der Waals surface area contributed by atoms with Crippen molar-refractivity contribution in [3.05, 3.63) is 103 Å². The summed E-state index contributed by atoms with van der Waals surface area (Å²) in [5.41, 5.74) is 8.59. The van der Waals surface area contributed by atoms with Crippen molar-refractivity contribution in [3.8, 4) is 0 Å². The average molecular weight is 517 g/mol. The zero-order valence-corrected chi connectivity index (χ0v) is 21.0. The number of pyridine rings is 1. The number of nitrogens with two attached hydrogens (primary N) is 1. The standard InChI is InChI=1S/C27H28N6O3S/c1-2-3-25(20-6-10-23(11-7-20)37(35,36)24-12-14-29-15-13-24)32-27(28)31-22-8-4-21(5-9-22)26(34)33-18-16-30-17-19-33/h2-15,30H,1,16-19H2,(H3,28,31,32)/b25-3-. The van der Waals surface area contributed by atoms with Crippen molar-refractivity contribution >= 4 is 33.1 Å². The van der Waals surface area contributed by atoms with Crippen LogP contribution < -0.4 is 16.4 Å². The Hall–Kier alpha value is -4.28. The summed E-state index contributed by atoms with van der Waals surface area (Å²) in [5, 5.41) is 6.25. The van der Waals surface area contributed by atoms with Gasteiger partial charge in [-0.1, -0.05) is 24.8 Å². The van der Waals surface area contributed by atoms with E-state index in [1.54, 1.807) is 48.6 Å². The maximum absolute atomic E-state index is 12.8. The van der Waals surface area contributed by atoms with Crippen LogP contribution in [0.15, 0.2) is 107 Å². The van der Waals surface area contributed by atoms with Crippen LogP contribution in [0.4, 0.5) is 5.69 Å². The van der Waals surface area contributed by atoms with Gasteiger partial charge in [-0.15, -0.1) is 0 Å². The van der Waals surface area contributed by atoms with Crippen molar-refractivity contribution in [1.29, 1.82) is 0 Å². The third kappa shape index (κ3) is 6.29. The molecular weight excluding hydrogens is 488 g/mol. The quantitative estimate of drug-likeness (QED) is 0.250. The summed E-state index contributed by atoms with van der Waals surface area (Å²) in [6.45, 7) is 6.69. The van der Waals surface area contributed by atoms with E-state index in [4.69, 9.17) is 5.73 Å². The van der Waals surface area contributed by atoms with Crippen LogP contribution in [0.5, 0.6) is 0 Å². The molecule has 2 aromatic carbocycles. The molecule has 1 aliphatic heterocycles. The number of benzene rings is 2. The van der Waals surface area contributed by atoms with E-state index >= 15 is 0 Å². The van der Waals surface area contributed by atoms with Crippen LogP contribution in [0.1, 0.15) is 15.9 Å². The number of aliphatic imine (C=N–C) groups is 1. The Bertz CT molecular complexity index is 1410. The summed E-state index contributed by atoms with van der Waals surface area (Å²) in [6.07, 6.45) is 6.13. The van der Waals surface area contributed by atoms with Crippen molar-refractivity contribution < 1.29 is 13.2 Å². The SMILES string of the molecule is C=C/C=C(\N=C(N)Nc1ccc(C(=O)N2CCNCC2)cc1)c1ccc(S(=O)(=O)c2ccncc2)cc1. The molecule has 0 spiro atoms. The highest BCUT2D eigenvalue weighted by molar-refractivity contribution is 7.91. The van der Waals surface area contributed by atoms with Gasteiger partial charge in [-0.3, -0.25) is 9.78 Å². The Balaban J connectivity index is 1.47. The van der Waals surface area contributed by atoms with Crippen LogP contribution in [0, 0.1) is 0 Å². The van der Waals surface area contributed by atoms with E-state index in [2.05, 4.69) is 27.2 Å². The maximum atomic E-state index is 12.8. The molecule has 2 heterocycles. The molecule has 1 amide bonds. The van der Waals surface area contributed by atoms with E-state index < -0.39 is 9.84 Å². The van der Waals surface area contributed by atoms with Crippen LogP contribution in [-0.4, -0.2) is 56.3 Å². The summed E-state index contributed by atoms with van der Waals surface area (Å²) in [6, 6.07) is 16.3. The van der Waals surface area contributed by atoms with Crippen molar-refractivity contribution in [1.82, 2.24) is 15.2 Å². The van der Waals surface area contributed by atoms with Gasteiger partial charge in [0.15, 0.2) is 5.96 Å². The zero-order chi connectivity index (χ0) is 26.3. The predicted octanol–water partition coefficient (Wildman–Crippen LogP) is 2.91. The van der Waals surface area contributed by atoms with Crippen LogP contribution in [0.25, 0.3) is 5.70 Å². The molecule has 4 rings (SSSR count). The van der Waals surface area contributed by atoms with Gasteiger partial charge in [0, 0.05) is 55.4 Å². The smallest absolute Gasteiger partial charge is 0.253 e.